The van der Waals surface area contributed by atoms with Crippen molar-refractivity contribution in [1.29, 1.82) is 0 Å². The molecule has 0 unspecified atom stereocenters. The fourth-order valence-electron chi connectivity index (χ4n) is 1.68. The highest BCUT2D eigenvalue weighted by molar-refractivity contribution is 6.31. The molecule has 1 amide bonds. The van der Waals surface area contributed by atoms with Crippen LogP contribution in [0.15, 0.2) is 53.5 Å². The summed E-state index contributed by atoms with van der Waals surface area (Å²) >= 11 is 11.5. The minimum Gasteiger partial charge on any atom is -0.386 e. The van der Waals surface area contributed by atoms with E-state index in [1.54, 1.807) is 48.5 Å². The normalized spacial score (nSPS) is 11.2. The van der Waals surface area contributed by atoms with Gasteiger partial charge in [-0.05, 0) is 36.4 Å². The number of hydrogen-bond acceptors (Lipinski definition) is 2. The second-order valence-corrected chi connectivity index (χ2v) is 4.96. The van der Waals surface area contributed by atoms with E-state index < -0.39 is 0 Å². The summed E-state index contributed by atoms with van der Waals surface area (Å²) in [4.78, 5) is 16.3. The van der Waals surface area contributed by atoms with Gasteiger partial charge in [0, 0.05) is 16.3 Å². The van der Waals surface area contributed by atoms with Crippen molar-refractivity contribution in [2.75, 3.05) is 11.2 Å². The Morgan fingerprint density at radius 2 is 1.95 bits per heavy atom. The third kappa shape index (κ3) is 4.48. The largest absolute Gasteiger partial charge is 0.386 e. The molecule has 0 aliphatic rings. The van der Waals surface area contributed by atoms with Crippen molar-refractivity contribution in [2.24, 2.45) is 10.7 Å². The molecule has 0 aliphatic heterocycles. The summed E-state index contributed by atoms with van der Waals surface area (Å²) in [6.45, 7) is 0. The molecule has 0 saturated heterocycles. The van der Waals surface area contributed by atoms with Gasteiger partial charge in [-0.1, -0.05) is 23.7 Å². The zero-order valence-corrected chi connectivity index (χ0v) is 12.5. The van der Waals surface area contributed by atoms with Crippen LogP contribution in [0.1, 0.15) is 10.4 Å². The molecule has 0 bridgehead atoms. The van der Waals surface area contributed by atoms with E-state index in [4.69, 9.17) is 28.9 Å². The summed E-state index contributed by atoms with van der Waals surface area (Å²) in [7, 11) is 0. The second-order valence-electron chi connectivity index (χ2n) is 4.25. The maximum atomic E-state index is 12.2. The molecule has 0 heterocycles. The van der Waals surface area contributed by atoms with Crippen LogP contribution in [0.4, 0.5) is 11.4 Å². The third-order valence-electron chi connectivity index (χ3n) is 2.60. The van der Waals surface area contributed by atoms with Crippen molar-refractivity contribution in [2.45, 2.75) is 0 Å². The van der Waals surface area contributed by atoms with Crippen molar-refractivity contribution in [1.82, 2.24) is 0 Å². The second kappa shape index (κ2) is 7.11. The van der Waals surface area contributed by atoms with Crippen LogP contribution in [-0.4, -0.2) is 17.6 Å². The van der Waals surface area contributed by atoms with Gasteiger partial charge in [0.25, 0.3) is 5.91 Å². The van der Waals surface area contributed by atoms with Gasteiger partial charge in [0.15, 0.2) is 0 Å². The highest BCUT2D eigenvalue weighted by Crippen LogP contribution is 2.18. The zero-order chi connectivity index (χ0) is 15.2. The summed E-state index contributed by atoms with van der Waals surface area (Å²) < 4.78 is 0. The van der Waals surface area contributed by atoms with Gasteiger partial charge < -0.3 is 11.1 Å². The molecule has 2 aromatic rings. The van der Waals surface area contributed by atoms with E-state index in [0.29, 0.717) is 27.8 Å². The fraction of sp³-hybridized carbons (Fsp3) is 0.0667. The van der Waals surface area contributed by atoms with Crippen LogP contribution >= 0.6 is 23.2 Å². The number of aliphatic imine (C=N–C) groups is 1. The van der Waals surface area contributed by atoms with Crippen molar-refractivity contribution >= 4 is 46.3 Å². The van der Waals surface area contributed by atoms with E-state index >= 15 is 0 Å². The maximum Gasteiger partial charge on any atom is 0.255 e. The SMILES string of the molecule is NC(CCl)=Nc1cccc(C(=O)Nc2cccc(Cl)c2)c1. The smallest absolute Gasteiger partial charge is 0.255 e. The molecule has 108 valence electrons. The number of nitrogens with zero attached hydrogens (tertiary/aromatic N) is 1. The number of hydrogen-bond donors (Lipinski definition) is 2. The molecule has 0 saturated carbocycles. The lowest BCUT2D eigenvalue weighted by molar-refractivity contribution is 0.102. The van der Waals surface area contributed by atoms with Crippen LogP contribution in [0.25, 0.3) is 0 Å². The lowest BCUT2D eigenvalue weighted by Gasteiger charge is -2.06. The fourth-order valence-corrected chi connectivity index (χ4v) is 1.93. The third-order valence-corrected chi connectivity index (χ3v) is 3.11. The van der Waals surface area contributed by atoms with Gasteiger partial charge in [-0.25, -0.2) is 4.99 Å². The van der Waals surface area contributed by atoms with Crippen LogP contribution in [0.3, 0.4) is 0 Å². The van der Waals surface area contributed by atoms with Crippen LogP contribution in [-0.2, 0) is 0 Å². The maximum absolute atomic E-state index is 12.2. The predicted molar refractivity (Wildman–Crippen MR) is 87.8 cm³/mol. The molecule has 21 heavy (non-hydrogen) atoms. The number of benzene rings is 2. The molecule has 0 spiro atoms. The van der Waals surface area contributed by atoms with E-state index in [9.17, 15) is 4.79 Å². The average Bonchev–Trinajstić information content (AvgIpc) is 2.47. The molecule has 3 N–H and O–H groups in total. The molecule has 0 fully saturated rings. The number of rotatable bonds is 4. The average molecular weight is 322 g/mol. The molecular formula is C15H13Cl2N3O. The molecule has 6 heteroatoms. The first-order valence-corrected chi connectivity index (χ1v) is 7.06. The number of halogens is 2. The molecule has 4 nitrogen and oxygen atoms in total. The summed E-state index contributed by atoms with van der Waals surface area (Å²) in [6, 6.07) is 13.7. The summed E-state index contributed by atoms with van der Waals surface area (Å²) in [6.07, 6.45) is 0. The number of carbonyl (C=O) groups excluding carboxylic acids is 1. The van der Waals surface area contributed by atoms with E-state index in [-0.39, 0.29) is 11.8 Å². The molecule has 0 aliphatic carbocycles. The lowest BCUT2D eigenvalue weighted by atomic mass is 10.2. The highest BCUT2D eigenvalue weighted by Gasteiger charge is 2.07. The van der Waals surface area contributed by atoms with Gasteiger partial charge in [0.1, 0.15) is 5.84 Å². The van der Waals surface area contributed by atoms with E-state index in [0.717, 1.165) is 0 Å². The Hall–Kier alpha value is -2.04. The summed E-state index contributed by atoms with van der Waals surface area (Å²) in [5, 5.41) is 3.32. The first kappa shape index (κ1) is 15.4. The first-order chi connectivity index (χ1) is 10.1. The number of anilines is 1. The number of nitrogens with one attached hydrogen (secondary N) is 1. The van der Waals surface area contributed by atoms with Gasteiger partial charge >= 0.3 is 0 Å². The molecular weight excluding hydrogens is 309 g/mol. The van der Waals surface area contributed by atoms with Gasteiger partial charge in [0.2, 0.25) is 0 Å². The number of alkyl halides is 1. The number of amidine groups is 1. The Balaban J connectivity index is 2.18. The van der Waals surface area contributed by atoms with Gasteiger partial charge in [0.05, 0.1) is 11.6 Å². The quantitative estimate of drug-likeness (QED) is 0.510. The Morgan fingerprint density at radius 3 is 2.67 bits per heavy atom. The minimum absolute atomic E-state index is 0.138. The molecule has 2 rings (SSSR count). The zero-order valence-electron chi connectivity index (χ0n) is 11.0. The van der Waals surface area contributed by atoms with E-state index in [1.807, 2.05) is 0 Å². The summed E-state index contributed by atoms with van der Waals surface area (Å²) in [5.74, 6) is 0.182. The van der Waals surface area contributed by atoms with Crippen molar-refractivity contribution < 1.29 is 4.79 Å². The first-order valence-electron chi connectivity index (χ1n) is 6.14. The van der Waals surface area contributed by atoms with Crippen LogP contribution in [0, 0.1) is 0 Å². The van der Waals surface area contributed by atoms with Crippen molar-refractivity contribution in [3.05, 3.63) is 59.1 Å². The number of nitrogens with two attached hydrogens (primary N) is 1. The number of carbonyl (C=O) groups is 1. The van der Waals surface area contributed by atoms with Crippen LogP contribution in [0.5, 0.6) is 0 Å². The Morgan fingerprint density at radius 1 is 1.19 bits per heavy atom. The topological polar surface area (TPSA) is 67.5 Å². The molecule has 0 aromatic heterocycles. The Labute approximate surface area is 132 Å². The van der Waals surface area contributed by atoms with Crippen LogP contribution < -0.4 is 11.1 Å². The number of amides is 1. The Bertz CT molecular complexity index is 686. The Kier molecular flexibility index (Phi) is 5.20. The summed E-state index contributed by atoms with van der Waals surface area (Å²) in [5.41, 5.74) is 7.25. The van der Waals surface area contributed by atoms with Gasteiger partial charge in [-0.15, -0.1) is 11.6 Å². The van der Waals surface area contributed by atoms with E-state index in [1.165, 1.54) is 0 Å². The minimum atomic E-state index is -0.251. The van der Waals surface area contributed by atoms with Crippen LogP contribution in [0.2, 0.25) is 5.02 Å². The molecule has 0 radical (unpaired) electrons. The highest BCUT2D eigenvalue weighted by atomic mass is 35.5. The van der Waals surface area contributed by atoms with E-state index in [2.05, 4.69) is 10.3 Å². The lowest BCUT2D eigenvalue weighted by Crippen LogP contribution is -2.13. The van der Waals surface area contributed by atoms with Crippen molar-refractivity contribution in [3.63, 3.8) is 0 Å². The van der Waals surface area contributed by atoms with Gasteiger partial charge in [-0.2, -0.15) is 0 Å². The monoisotopic (exact) mass is 321 g/mol. The van der Waals surface area contributed by atoms with Gasteiger partial charge in [-0.3, -0.25) is 4.79 Å². The van der Waals surface area contributed by atoms with Crippen molar-refractivity contribution in [3.8, 4) is 0 Å². The molecule has 2 aromatic carbocycles. The predicted octanol–water partition coefficient (Wildman–Crippen LogP) is 3.82. The standard InChI is InChI=1S/C15H13Cl2N3O/c16-9-14(18)19-12-5-1-3-10(7-12)15(21)20-13-6-2-4-11(17)8-13/h1-8H,9H2,(H2,18,19)(H,20,21). The molecule has 0 atom stereocenters.